The van der Waals surface area contributed by atoms with Crippen LogP contribution in [0.25, 0.3) is 0 Å². The van der Waals surface area contributed by atoms with E-state index in [1.807, 2.05) is 13.8 Å². The highest BCUT2D eigenvalue weighted by Gasteiger charge is 2.26. The second-order valence-electron chi connectivity index (χ2n) is 4.34. The van der Waals surface area contributed by atoms with Crippen molar-refractivity contribution in [1.29, 1.82) is 0 Å². The average molecular weight is 335 g/mol. The Morgan fingerprint density at radius 1 is 1.25 bits per heavy atom. The quantitative estimate of drug-likeness (QED) is 0.749. The van der Waals surface area contributed by atoms with Crippen molar-refractivity contribution in [3.63, 3.8) is 0 Å². The van der Waals surface area contributed by atoms with E-state index in [0.717, 1.165) is 18.7 Å². The van der Waals surface area contributed by atoms with Crippen LogP contribution < -0.4 is 5.32 Å². The molecule has 20 heavy (non-hydrogen) atoms. The summed E-state index contributed by atoms with van der Waals surface area (Å²) in [6.07, 6.45) is 0. The Balaban J connectivity index is 3.11. The second-order valence-corrected chi connectivity index (χ2v) is 5.66. The zero-order chi connectivity index (χ0) is 15.1. The molecule has 0 aliphatic heterocycles. The number of thiol groups is 1. The molecule has 6 heteroatoms. The van der Waals surface area contributed by atoms with Crippen molar-refractivity contribution in [3.05, 3.63) is 33.8 Å². The summed E-state index contributed by atoms with van der Waals surface area (Å²) in [5, 5.41) is 3.94. The number of carbonyl (C=O) groups excluding carboxylic acids is 1. The molecule has 1 unspecified atom stereocenters. The van der Waals surface area contributed by atoms with Gasteiger partial charge in [-0.05, 0) is 36.9 Å². The summed E-state index contributed by atoms with van der Waals surface area (Å²) in [6, 6.07) is 4.85. The third-order valence-corrected chi connectivity index (χ3v) is 3.70. The zero-order valence-electron chi connectivity index (χ0n) is 11.7. The van der Waals surface area contributed by atoms with Crippen molar-refractivity contribution >= 4 is 41.7 Å². The summed E-state index contributed by atoms with van der Waals surface area (Å²) >= 11 is 16.2. The van der Waals surface area contributed by atoms with E-state index in [0.29, 0.717) is 22.3 Å². The lowest BCUT2D eigenvalue weighted by Crippen LogP contribution is -2.41. The number of amides is 1. The summed E-state index contributed by atoms with van der Waals surface area (Å²) in [4.78, 5) is 14.5. The Hall–Kier alpha value is -0.420. The van der Waals surface area contributed by atoms with Gasteiger partial charge in [0.05, 0.1) is 0 Å². The monoisotopic (exact) mass is 334 g/mol. The Labute approximate surface area is 136 Å². The fourth-order valence-corrected chi connectivity index (χ4v) is 2.78. The lowest BCUT2D eigenvalue weighted by Gasteiger charge is -2.29. The van der Waals surface area contributed by atoms with Gasteiger partial charge in [-0.2, -0.15) is 12.6 Å². The molecule has 0 saturated carbocycles. The van der Waals surface area contributed by atoms with Gasteiger partial charge in [0.15, 0.2) is 0 Å². The van der Waals surface area contributed by atoms with E-state index in [4.69, 9.17) is 23.2 Å². The first kappa shape index (κ1) is 17.6. The molecule has 0 fully saturated rings. The van der Waals surface area contributed by atoms with Crippen LogP contribution in [0.4, 0.5) is 0 Å². The number of nitrogens with one attached hydrogen (secondary N) is 1. The fourth-order valence-electron chi connectivity index (χ4n) is 2.13. The van der Waals surface area contributed by atoms with Gasteiger partial charge in [-0.3, -0.25) is 9.69 Å². The van der Waals surface area contributed by atoms with Gasteiger partial charge in [0, 0.05) is 22.3 Å². The first-order valence-corrected chi connectivity index (χ1v) is 8.00. The van der Waals surface area contributed by atoms with Crippen LogP contribution in [0.3, 0.4) is 0 Å². The molecule has 1 atom stereocenters. The Morgan fingerprint density at radius 2 is 1.80 bits per heavy atom. The highest BCUT2D eigenvalue weighted by molar-refractivity contribution is 7.80. The SMILES string of the molecule is CCN(CC)C(C(=O)NCCS)c1cc(Cl)cc(Cl)c1. The molecule has 1 aromatic rings. The molecule has 0 spiro atoms. The normalized spacial score (nSPS) is 12.5. The maximum Gasteiger partial charge on any atom is 0.241 e. The molecule has 0 heterocycles. The first-order valence-electron chi connectivity index (χ1n) is 6.62. The van der Waals surface area contributed by atoms with E-state index in [1.165, 1.54) is 0 Å². The molecule has 0 aliphatic carbocycles. The van der Waals surface area contributed by atoms with E-state index in [9.17, 15) is 4.79 Å². The molecule has 0 aliphatic rings. The first-order chi connectivity index (χ1) is 9.53. The molecular weight excluding hydrogens is 315 g/mol. The second kappa shape index (κ2) is 8.78. The fraction of sp³-hybridized carbons (Fsp3) is 0.500. The van der Waals surface area contributed by atoms with Crippen molar-refractivity contribution in [2.24, 2.45) is 0 Å². The van der Waals surface area contributed by atoms with Crippen molar-refractivity contribution < 1.29 is 4.79 Å². The Bertz CT molecular complexity index is 433. The van der Waals surface area contributed by atoms with Gasteiger partial charge in [-0.25, -0.2) is 0 Å². The number of halogens is 2. The van der Waals surface area contributed by atoms with E-state index in [-0.39, 0.29) is 11.9 Å². The van der Waals surface area contributed by atoms with Crippen LogP contribution in [0, 0.1) is 0 Å². The Morgan fingerprint density at radius 3 is 2.25 bits per heavy atom. The smallest absolute Gasteiger partial charge is 0.241 e. The molecule has 1 amide bonds. The summed E-state index contributed by atoms with van der Waals surface area (Å²) in [6.45, 7) is 6.11. The molecule has 0 radical (unpaired) electrons. The highest BCUT2D eigenvalue weighted by Crippen LogP contribution is 2.27. The third-order valence-electron chi connectivity index (χ3n) is 3.04. The minimum Gasteiger partial charge on any atom is -0.354 e. The molecule has 1 aromatic carbocycles. The van der Waals surface area contributed by atoms with Crippen LogP contribution in [0.15, 0.2) is 18.2 Å². The topological polar surface area (TPSA) is 32.3 Å². The largest absolute Gasteiger partial charge is 0.354 e. The lowest BCUT2D eigenvalue weighted by atomic mass is 10.0. The van der Waals surface area contributed by atoms with Crippen LogP contribution >= 0.6 is 35.8 Å². The average Bonchev–Trinajstić information content (AvgIpc) is 2.40. The van der Waals surface area contributed by atoms with Crippen molar-refractivity contribution in [3.8, 4) is 0 Å². The number of carbonyl (C=O) groups is 1. The van der Waals surface area contributed by atoms with Gasteiger partial charge >= 0.3 is 0 Å². The predicted molar refractivity (Wildman–Crippen MR) is 89.0 cm³/mol. The number of nitrogens with zero attached hydrogens (tertiary/aromatic N) is 1. The predicted octanol–water partition coefficient (Wildman–Crippen LogP) is 3.42. The minimum absolute atomic E-state index is 0.0546. The van der Waals surface area contributed by atoms with Crippen molar-refractivity contribution in [1.82, 2.24) is 10.2 Å². The molecule has 0 aromatic heterocycles. The number of hydrogen-bond donors (Lipinski definition) is 2. The van der Waals surface area contributed by atoms with Crippen LogP contribution in [0.2, 0.25) is 10.0 Å². The van der Waals surface area contributed by atoms with E-state index >= 15 is 0 Å². The van der Waals surface area contributed by atoms with E-state index < -0.39 is 0 Å². The van der Waals surface area contributed by atoms with Gasteiger partial charge in [-0.15, -0.1) is 0 Å². The Kier molecular flexibility index (Phi) is 7.74. The molecule has 1 rings (SSSR count). The van der Waals surface area contributed by atoms with Crippen molar-refractivity contribution in [2.75, 3.05) is 25.4 Å². The van der Waals surface area contributed by atoms with Gasteiger partial charge < -0.3 is 5.32 Å². The lowest BCUT2D eigenvalue weighted by molar-refractivity contribution is -0.126. The summed E-state index contributed by atoms with van der Waals surface area (Å²) in [5.74, 6) is 0.550. The van der Waals surface area contributed by atoms with E-state index in [2.05, 4.69) is 22.8 Å². The third kappa shape index (κ3) is 4.85. The number of rotatable bonds is 7. The highest BCUT2D eigenvalue weighted by atomic mass is 35.5. The molecule has 1 N–H and O–H groups in total. The van der Waals surface area contributed by atoms with Crippen LogP contribution in [0.5, 0.6) is 0 Å². The number of hydrogen-bond acceptors (Lipinski definition) is 3. The minimum atomic E-state index is -0.388. The molecule has 0 bridgehead atoms. The summed E-state index contributed by atoms with van der Waals surface area (Å²) < 4.78 is 0. The summed E-state index contributed by atoms with van der Waals surface area (Å²) in [7, 11) is 0. The zero-order valence-corrected chi connectivity index (χ0v) is 14.1. The summed E-state index contributed by atoms with van der Waals surface area (Å²) in [5.41, 5.74) is 0.808. The van der Waals surface area contributed by atoms with Gasteiger partial charge in [-0.1, -0.05) is 37.0 Å². The maximum atomic E-state index is 12.4. The van der Waals surface area contributed by atoms with Crippen LogP contribution in [0.1, 0.15) is 25.5 Å². The van der Waals surface area contributed by atoms with Crippen molar-refractivity contribution in [2.45, 2.75) is 19.9 Å². The maximum absolute atomic E-state index is 12.4. The van der Waals surface area contributed by atoms with Gasteiger partial charge in [0.25, 0.3) is 0 Å². The van der Waals surface area contributed by atoms with Crippen LogP contribution in [-0.2, 0) is 4.79 Å². The molecule has 0 saturated heterocycles. The van der Waals surface area contributed by atoms with Crippen LogP contribution in [-0.4, -0.2) is 36.2 Å². The van der Waals surface area contributed by atoms with Gasteiger partial charge in [0.1, 0.15) is 6.04 Å². The number of likely N-dealkylation sites (N-methyl/N-ethyl adjacent to an activating group) is 1. The molecular formula is C14H20Cl2N2OS. The number of benzene rings is 1. The van der Waals surface area contributed by atoms with E-state index in [1.54, 1.807) is 18.2 Å². The standard InChI is InChI=1S/C14H20Cl2N2OS/c1-3-18(4-2)13(14(19)17-5-6-20)10-7-11(15)9-12(16)8-10/h7-9,13,20H,3-6H2,1-2H3,(H,17,19). The molecule has 112 valence electrons. The molecule has 3 nitrogen and oxygen atoms in total. The van der Waals surface area contributed by atoms with Gasteiger partial charge in [0.2, 0.25) is 5.91 Å².